The zero-order chi connectivity index (χ0) is 8.27. The molecule has 4 heteroatoms. The van der Waals surface area contributed by atoms with Crippen LogP contribution in [0.4, 0.5) is 0 Å². The van der Waals surface area contributed by atoms with Gasteiger partial charge >= 0.3 is 0 Å². The van der Waals surface area contributed by atoms with Gasteiger partial charge in [0.1, 0.15) is 24.5 Å². The molecule has 1 rings (SSSR count). The average molecular weight is 147 g/mol. The second kappa shape index (κ2) is 2.85. The van der Waals surface area contributed by atoms with Crippen LogP contribution in [0, 0.1) is 29.6 Å². The molecular formula is C7H7N4+. The predicted octanol–water partition coefficient (Wildman–Crippen LogP) is 0.199. The van der Waals surface area contributed by atoms with Crippen LogP contribution in [-0.4, -0.2) is 4.98 Å². The summed E-state index contributed by atoms with van der Waals surface area (Å²) < 4.78 is 1.58. The van der Waals surface area contributed by atoms with Crippen molar-refractivity contribution in [2.24, 2.45) is 0 Å². The fraction of sp³-hybridized carbons (Fsp3) is 0.286. The lowest BCUT2D eigenvalue weighted by atomic mass is 10.3. The van der Waals surface area contributed by atoms with Crippen molar-refractivity contribution in [3.05, 3.63) is 18.2 Å². The summed E-state index contributed by atoms with van der Waals surface area (Å²) in [7, 11) is 0. The van der Waals surface area contributed by atoms with Gasteiger partial charge in [-0.3, -0.25) is 0 Å². The molecule has 1 aromatic heterocycles. The number of rotatable bonds is 1. The average Bonchev–Trinajstić information content (AvgIpc) is 2.40. The topological polar surface area (TPSA) is 67.2 Å². The van der Waals surface area contributed by atoms with Crippen molar-refractivity contribution in [1.29, 1.82) is 10.5 Å². The molecule has 0 saturated heterocycles. The Morgan fingerprint density at radius 3 is 2.55 bits per heavy atom. The third-order valence-electron chi connectivity index (χ3n) is 1.44. The molecule has 54 valence electrons. The van der Waals surface area contributed by atoms with E-state index >= 15 is 0 Å². The fourth-order valence-corrected chi connectivity index (χ4v) is 0.857. The number of aromatic amines is 1. The molecular weight excluding hydrogens is 140 g/mol. The van der Waals surface area contributed by atoms with E-state index in [9.17, 15) is 0 Å². The molecule has 0 amide bonds. The van der Waals surface area contributed by atoms with E-state index in [1.165, 1.54) is 0 Å². The Kier molecular flexibility index (Phi) is 1.89. The number of nitrogens with one attached hydrogen (secondary N) is 1. The Hall–Kier alpha value is -1.81. The molecule has 0 bridgehead atoms. The maximum absolute atomic E-state index is 8.52. The first kappa shape index (κ1) is 7.30. The van der Waals surface area contributed by atoms with Crippen LogP contribution in [0.15, 0.2) is 12.4 Å². The summed E-state index contributed by atoms with van der Waals surface area (Å²) in [5, 5.41) is 17.0. The minimum Gasteiger partial charge on any atom is -0.248 e. The third kappa shape index (κ3) is 1.20. The SMILES string of the molecule is Cc1[nH]cc[n+]1C(C#N)C#N. The molecule has 0 atom stereocenters. The Bertz CT molecular complexity index is 311. The minimum atomic E-state index is -0.721. The van der Waals surface area contributed by atoms with Crippen LogP contribution in [0.5, 0.6) is 0 Å². The molecule has 4 nitrogen and oxygen atoms in total. The second-order valence-corrected chi connectivity index (χ2v) is 2.11. The lowest BCUT2D eigenvalue weighted by molar-refractivity contribution is -0.702. The van der Waals surface area contributed by atoms with Crippen LogP contribution in [0.3, 0.4) is 0 Å². The van der Waals surface area contributed by atoms with E-state index in [4.69, 9.17) is 10.5 Å². The van der Waals surface area contributed by atoms with Gasteiger partial charge in [-0.25, -0.2) is 9.55 Å². The van der Waals surface area contributed by atoms with Crippen molar-refractivity contribution >= 4 is 0 Å². The summed E-state index contributed by atoms with van der Waals surface area (Å²) in [4.78, 5) is 2.88. The molecule has 11 heavy (non-hydrogen) atoms. The van der Waals surface area contributed by atoms with Gasteiger partial charge in [0.25, 0.3) is 11.9 Å². The van der Waals surface area contributed by atoms with Gasteiger partial charge in [0.2, 0.25) is 0 Å². The van der Waals surface area contributed by atoms with Gasteiger partial charge in [-0.15, -0.1) is 0 Å². The van der Waals surface area contributed by atoms with Crippen LogP contribution < -0.4 is 4.57 Å². The van der Waals surface area contributed by atoms with Crippen LogP contribution >= 0.6 is 0 Å². The number of hydrogen-bond donors (Lipinski definition) is 1. The molecule has 0 unspecified atom stereocenters. The number of imidazole rings is 1. The Balaban J connectivity index is 3.04. The standard InChI is InChI=1S/C7H6N4/c1-6-10-2-3-11(6)7(4-8)5-9/h2-3,7H,1H3/p+1. The Morgan fingerprint density at radius 2 is 2.18 bits per heavy atom. The van der Waals surface area contributed by atoms with E-state index in [0.29, 0.717) is 0 Å². The maximum Gasteiger partial charge on any atom is 0.272 e. The van der Waals surface area contributed by atoms with Crippen molar-refractivity contribution in [3.63, 3.8) is 0 Å². The highest BCUT2D eigenvalue weighted by Crippen LogP contribution is 1.92. The monoisotopic (exact) mass is 147 g/mol. The molecule has 0 spiro atoms. The molecule has 0 fully saturated rings. The number of hydrogen-bond acceptors (Lipinski definition) is 2. The van der Waals surface area contributed by atoms with Crippen molar-refractivity contribution in [3.8, 4) is 12.1 Å². The fourth-order valence-electron chi connectivity index (χ4n) is 0.857. The van der Waals surface area contributed by atoms with Crippen molar-refractivity contribution in [1.82, 2.24) is 4.98 Å². The first-order chi connectivity index (χ1) is 5.29. The van der Waals surface area contributed by atoms with E-state index in [0.717, 1.165) is 5.82 Å². The zero-order valence-electron chi connectivity index (χ0n) is 6.07. The first-order valence-electron chi connectivity index (χ1n) is 3.14. The number of H-pyrrole nitrogens is 1. The molecule has 0 radical (unpaired) electrons. The molecule has 0 aliphatic rings. The van der Waals surface area contributed by atoms with Gasteiger partial charge in [-0.05, 0) is 0 Å². The van der Waals surface area contributed by atoms with Gasteiger partial charge in [0.05, 0.1) is 0 Å². The first-order valence-corrected chi connectivity index (χ1v) is 3.14. The van der Waals surface area contributed by atoms with Crippen LogP contribution in [0.1, 0.15) is 11.9 Å². The highest BCUT2D eigenvalue weighted by atomic mass is 15.1. The minimum absolute atomic E-state index is 0.721. The van der Waals surface area contributed by atoms with Crippen molar-refractivity contribution in [2.75, 3.05) is 0 Å². The normalized spacial score (nSPS) is 9.09. The summed E-state index contributed by atoms with van der Waals surface area (Å²) in [6.45, 7) is 1.81. The largest absolute Gasteiger partial charge is 0.272 e. The van der Waals surface area contributed by atoms with Crippen LogP contribution in [-0.2, 0) is 0 Å². The van der Waals surface area contributed by atoms with Gasteiger partial charge in [0.15, 0.2) is 0 Å². The summed E-state index contributed by atoms with van der Waals surface area (Å²) in [6.07, 6.45) is 3.36. The van der Waals surface area contributed by atoms with Gasteiger partial charge in [0, 0.05) is 6.92 Å². The Morgan fingerprint density at radius 1 is 1.55 bits per heavy atom. The van der Waals surface area contributed by atoms with E-state index < -0.39 is 6.04 Å². The predicted molar refractivity (Wildman–Crippen MR) is 36.0 cm³/mol. The highest BCUT2D eigenvalue weighted by molar-refractivity contribution is 4.96. The zero-order valence-corrected chi connectivity index (χ0v) is 6.07. The summed E-state index contributed by atoms with van der Waals surface area (Å²) in [6, 6.07) is 3.03. The number of nitrogens with zero attached hydrogens (tertiary/aromatic N) is 3. The Labute approximate surface area is 64.3 Å². The smallest absolute Gasteiger partial charge is 0.248 e. The quantitative estimate of drug-likeness (QED) is 0.576. The van der Waals surface area contributed by atoms with Crippen LogP contribution in [0.2, 0.25) is 0 Å². The van der Waals surface area contributed by atoms with E-state index in [-0.39, 0.29) is 0 Å². The van der Waals surface area contributed by atoms with Crippen molar-refractivity contribution in [2.45, 2.75) is 13.0 Å². The molecule has 0 aliphatic carbocycles. The lowest BCUT2D eigenvalue weighted by Gasteiger charge is -1.93. The molecule has 1 aromatic rings. The number of aryl methyl sites for hydroxylation is 1. The van der Waals surface area contributed by atoms with Crippen molar-refractivity contribution < 1.29 is 4.57 Å². The number of nitriles is 2. The molecule has 0 aromatic carbocycles. The summed E-state index contributed by atoms with van der Waals surface area (Å²) >= 11 is 0. The maximum atomic E-state index is 8.52. The van der Waals surface area contributed by atoms with Crippen LogP contribution in [0.25, 0.3) is 0 Å². The summed E-state index contributed by atoms with van der Waals surface area (Å²) in [5.41, 5.74) is 0. The molecule has 1 N–H and O–H groups in total. The second-order valence-electron chi connectivity index (χ2n) is 2.11. The third-order valence-corrected chi connectivity index (χ3v) is 1.44. The van der Waals surface area contributed by atoms with Gasteiger partial charge in [-0.1, -0.05) is 0 Å². The van der Waals surface area contributed by atoms with Gasteiger partial charge < -0.3 is 0 Å². The highest BCUT2D eigenvalue weighted by Gasteiger charge is 2.15. The molecule has 0 aliphatic heterocycles. The van der Waals surface area contributed by atoms with Gasteiger partial charge in [-0.2, -0.15) is 10.5 Å². The van der Waals surface area contributed by atoms with E-state index in [2.05, 4.69) is 4.98 Å². The van der Waals surface area contributed by atoms with E-state index in [1.807, 2.05) is 19.1 Å². The summed E-state index contributed by atoms with van der Waals surface area (Å²) in [5.74, 6) is 0.804. The molecule has 1 heterocycles. The molecule has 0 saturated carbocycles. The number of aromatic nitrogens is 2. The lowest BCUT2D eigenvalue weighted by Crippen LogP contribution is -2.38. The van der Waals surface area contributed by atoms with E-state index in [1.54, 1.807) is 17.0 Å².